The van der Waals surface area contributed by atoms with Gasteiger partial charge in [-0.05, 0) is 37.8 Å². The van der Waals surface area contributed by atoms with Gasteiger partial charge in [0.25, 0.3) is 0 Å². The van der Waals surface area contributed by atoms with Crippen molar-refractivity contribution in [3.8, 4) is 0 Å². The first-order valence-corrected chi connectivity index (χ1v) is 4.80. The lowest BCUT2D eigenvalue weighted by Crippen LogP contribution is -2.37. The molecule has 2 fully saturated rings. The first-order chi connectivity index (χ1) is 5.85. The summed E-state index contributed by atoms with van der Waals surface area (Å²) in [7, 11) is 0. The van der Waals surface area contributed by atoms with E-state index in [2.05, 4.69) is 11.9 Å². The van der Waals surface area contributed by atoms with E-state index >= 15 is 0 Å². The Labute approximate surface area is 74.0 Å². The molecular formula is C10H17NO. The lowest BCUT2D eigenvalue weighted by atomic mass is 9.77. The summed E-state index contributed by atoms with van der Waals surface area (Å²) in [5, 5.41) is 3.39. The van der Waals surface area contributed by atoms with Crippen molar-refractivity contribution in [2.45, 2.75) is 25.4 Å². The molecule has 68 valence electrons. The van der Waals surface area contributed by atoms with Gasteiger partial charge in [-0.15, -0.1) is 6.58 Å². The normalized spacial score (nSPS) is 33.8. The molecule has 2 aliphatic rings. The van der Waals surface area contributed by atoms with Crippen molar-refractivity contribution in [2.75, 3.05) is 19.7 Å². The molecule has 0 saturated carbocycles. The van der Waals surface area contributed by atoms with E-state index in [1.165, 1.54) is 19.3 Å². The highest BCUT2D eigenvalue weighted by molar-refractivity contribution is 4.96. The quantitative estimate of drug-likeness (QED) is 0.595. The zero-order chi connectivity index (χ0) is 8.44. The minimum atomic E-state index is 0.322. The van der Waals surface area contributed by atoms with E-state index in [0.717, 1.165) is 19.7 Å². The summed E-state index contributed by atoms with van der Waals surface area (Å²) < 4.78 is 5.65. The van der Waals surface area contributed by atoms with Crippen LogP contribution < -0.4 is 5.32 Å². The largest absolute Gasteiger partial charge is 0.374 e. The minimum Gasteiger partial charge on any atom is -0.374 e. The first kappa shape index (κ1) is 8.27. The molecule has 0 aromatic carbocycles. The second kappa shape index (κ2) is 3.19. The van der Waals surface area contributed by atoms with Crippen molar-refractivity contribution in [1.82, 2.24) is 5.32 Å². The van der Waals surface area contributed by atoms with Crippen LogP contribution >= 0.6 is 0 Å². The third kappa shape index (κ3) is 1.41. The lowest BCUT2D eigenvalue weighted by molar-refractivity contribution is 0.106. The van der Waals surface area contributed by atoms with Crippen LogP contribution in [0.5, 0.6) is 0 Å². The zero-order valence-electron chi connectivity index (χ0n) is 7.51. The highest BCUT2D eigenvalue weighted by atomic mass is 16.5. The molecule has 12 heavy (non-hydrogen) atoms. The van der Waals surface area contributed by atoms with Crippen molar-refractivity contribution < 1.29 is 4.74 Å². The number of ether oxygens (including phenoxy) is 1. The molecule has 0 aromatic heterocycles. The van der Waals surface area contributed by atoms with E-state index in [1.54, 1.807) is 0 Å². The molecule has 0 bridgehead atoms. The van der Waals surface area contributed by atoms with Crippen LogP contribution in [-0.4, -0.2) is 25.8 Å². The molecule has 2 nitrogen and oxygen atoms in total. The summed E-state index contributed by atoms with van der Waals surface area (Å²) in [6.07, 6.45) is 6.01. The predicted molar refractivity (Wildman–Crippen MR) is 49.1 cm³/mol. The summed E-state index contributed by atoms with van der Waals surface area (Å²) in [4.78, 5) is 0. The van der Waals surface area contributed by atoms with Crippen LogP contribution in [0.4, 0.5) is 0 Å². The smallest absolute Gasteiger partial charge is 0.0759 e. The van der Waals surface area contributed by atoms with Crippen LogP contribution in [0.2, 0.25) is 0 Å². The Morgan fingerprint density at radius 3 is 2.75 bits per heavy atom. The van der Waals surface area contributed by atoms with Gasteiger partial charge in [0.15, 0.2) is 0 Å². The number of hydrogen-bond donors (Lipinski definition) is 1. The monoisotopic (exact) mass is 167 g/mol. The number of hydrogen-bond acceptors (Lipinski definition) is 2. The Morgan fingerprint density at radius 1 is 1.42 bits per heavy atom. The van der Waals surface area contributed by atoms with Crippen molar-refractivity contribution >= 4 is 0 Å². The third-order valence-corrected chi connectivity index (χ3v) is 3.16. The van der Waals surface area contributed by atoms with Crippen LogP contribution in [0.3, 0.4) is 0 Å². The van der Waals surface area contributed by atoms with E-state index in [1.807, 2.05) is 6.08 Å². The lowest BCUT2D eigenvalue weighted by Gasteiger charge is -2.32. The predicted octanol–water partition coefficient (Wildman–Crippen LogP) is 1.33. The fourth-order valence-corrected chi connectivity index (χ4v) is 2.29. The average molecular weight is 167 g/mol. The van der Waals surface area contributed by atoms with Crippen molar-refractivity contribution in [3.63, 3.8) is 0 Å². The molecule has 2 saturated heterocycles. The van der Waals surface area contributed by atoms with Gasteiger partial charge in [-0.1, -0.05) is 6.08 Å². The van der Waals surface area contributed by atoms with E-state index < -0.39 is 0 Å². The first-order valence-electron chi connectivity index (χ1n) is 4.80. The van der Waals surface area contributed by atoms with Gasteiger partial charge in [0.1, 0.15) is 0 Å². The topological polar surface area (TPSA) is 21.3 Å². The van der Waals surface area contributed by atoms with Crippen LogP contribution in [0, 0.1) is 5.41 Å². The van der Waals surface area contributed by atoms with Gasteiger partial charge in [0.2, 0.25) is 0 Å². The number of rotatable bonds is 1. The van der Waals surface area contributed by atoms with Gasteiger partial charge >= 0.3 is 0 Å². The Morgan fingerprint density at radius 2 is 2.17 bits per heavy atom. The molecule has 0 aliphatic carbocycles. The molecule has 1 spiro atoms. The van der Waals surface area contributed by atoms with Crippen LogP contribution in [0.15, 0.2) is 12.7 Å². The van der Waals surface area contributed by atoms with Crippen molar-refractivity contribution in [3.05, 3.63) is 12.7 Å². The maximum atomic E-state index is 5.65. The number of piperidine rings is 1. The summed E-state index contributed by atoms with van der Waals surface area (Å²) in [6.45, 7) is 7.05. The SMILES string of the molecule is C=C[C@H]1CC2(CCNCC2)CO1. The van der Waals surface area contributed by atoms with E-state index in [-0.39, 0.29) is 0 Å². The molecule has 1 atom stereocenters. The second-order valence-corrected chi connectivity index (χ2v) is 4.04. The van der Waals surface area contributed by atoms with E-state index in [0.29, 0.717) is 11.5 Å². The van der Waals surface area contributed by atoms with E-state index in [4.69, 9.17) is 4.74 Å². The molecule has 2 heteroatoms. The Hall–Kier alpha value is -0.340. The Balaban J connectivity index is 1.98. The third-order valence-electron chi connectivity index (χ3n) is 3.16. The fourth-order valence-electron chi connectivity index (χ4n) is 2.29. The maximum Gasteiger partial charge on any atom is 0.0759 e. The number of nitrogens with one attached hydrogen (secondary N) is 1. The summed E-state index contributed by atoms with van der Waals surface area (Å²) >= 11 is 0. The molecule has 2 aliphatic heterocycles. The van der Waals surface area contributed by atoms with Gasteiger partial charge < -0.3 is 10.1 Å². The molecule has 2 heterocycles. The molecule has 0 radical (unpaired) electrons. The van der Waals surface area contributed by atoms with Gasteiger partial charge in [-0.25, -0.2) is 0 Å². The van der Waals surface area contributed by atoms with Gasteiger partial charge in [0.05, 0.1) is 12.7 Å². The summed E-state index contributed by atoms with van der Waals surface area (Å²) in [5.41, 5.74) is 0.490. The Bertz CT molecular complexity index is 173. The fraction of sp³-hybridized carbons (Fsp3) is 0.800. The highest BCUT2D eigenvalue weighted by Crippen LogP contribution is 2.40. The Kier molecular flexibility index (Phi) is 2.20. The molecule has 0 aromatic rings. The standard InChI is InChI=1S/C10H17NO/c1-2-9-7-10(8-12-9)3-5-11-6-4-10/h2,9,11H,1,3-8H2/t9-/m0/s1. The molecule has 0 amide bonds. The minimum absolute atomic E-state index is 0.322. The molecular weight excluding hydrogens is 150 g/mol. The second-order valence-electron chi connectivity index (χ2n) is 4.04. The maximum absolute atomic E-state index is 5.65. The zero-order valence-corrected chi connectivity index (χ0v) is 7.51. The van der Waals surface area contributed by atoms with Crippen LogP contribution in [0.25, 0.3) is 0 Å². The van der Waals surface area contributed by atoms with Gasteiger partial charge in [-0.2, -0.15) is 0 Å². The van der Waals surface area contributed by atoms with Crippen molar-refractivity contribution in [2.24, 2.45) is 5.41 Å². The highest BCUT2D eigenvalue weighted by Gasteiger charge is 2.39. The van der Waals surface area contributed by atoms with Crippen LogP contribution in [-0.2, 0) is 4.74 Å². The molecule has 0 unspecified atom stereocenters. The summed E-state index contributed by atoms with van der Waals surface area (Å²) in [6, 6.07) is 0. The molecule has 2 rings (SSSR count). The van der Waals surface area contributed by atoms with Crippen molar-refractivity contribution in [1.29, 1.82) is 0 Å². The van der Waals surface area contributed by atoms with Crippen LogP contribution in [0.1, 0.15) is 19.3 Å². The van der Waals surface area contributed by atoms with E-state index in [9.17, 15) is 0 Å². The van der Waals surface area contributed by atoms with Gasteiger partial charge in [0, 0.05) is 0 Å². The summed E-state index contributed by atoms with van der Waals surface area (Å²) in [5.74, 6) is 0. The van der Waals surface area contributed by atoms with Gasteiger partial charge in [-0.3, -0.25) is 0 Å². The molecule has 1 N–H and O–H groups in total. The average Bonchev–Trinajstić information content (AvgIpc) is 2.50.